The van der Waals surface area contributed by atoms with Crippen LogP contribution in [0.25, 0.3) is 6.08 Å². The molecule has 6 nitrogen and oxygen atoms in total. The Morgan fingerprint density at radius 1 is 1.53 bits per heavy atom. The van der Waals surface area contributed by atoms with Crippen LogP contribution in [0.3, 0.4) is 0 Å². The van der Waals surface area contributed by atoms with Crippen molar-refractivity contribution in [1.82, 2.24) is 9.97 Å². The fraction of sp³-hybridized carbons (Fsp3) is 0.462. The highest BCUT2D eigenvalue weighted by atomic mass is 16.5. The summed E-state index contributed by atoms with van der Waals surface area (Å²) in [5.74, 6) is -0.326. The van der Waals surface area contributed by atoms with Crippen LogP contribution in [0.2, 0.25) is 0 Å². The van der Waals surface area contributed by atoms with Gasteiger partial charge in [-0.3, -0.25) is 0 Å². The molecule has 102 valence electrons. The van der Waals surface area contributed by atoms with E-state index in [2.05, 4.69) is 14.9 Å². The molecule has 0 aromatic carbocycles. The van der Waals surface area contributed by atoms with Crippen molar-refractivity contribution >= 4 is 18.0 Å². The molecule has 0 spiro atoms. The van der Waals surface area contributed by atoms with Crippen molar-refractivity contribution in [3.8, 4) is 0 Å². The molecule has 0 bridgehead atoms. The summed E-state index contributed by atoms with van der Waals surface area (Å²) in [6.07, 6.45) is 6.91. The zero-order valence-electron chi connectivity index (χ0n) is 10.8. The lowest BCUT2D eigenvalue weighted by Gasteiger charge is -2.21. The molecule has 0 amide bonds. The van der Waals surface area contributed by atoms with Gasteiger partial charge in [0.15, 0.2) is 0 Å². The molecule has 1 aromatic heterocycles. The van der Waals surface area contributed by atoms with Crippen LogP contribution in [-0.2, 0) is 9.53 Å². The van der Waals surface area contributed by atoms with Crippen LogP contribution in [0.4, 0.5) is 5.95 Å². The largest absolute Gasteiger partial charge is 0.478 e. The average molecular weight is 263 g/mol. The lowest BCUT2D eigenvalue weighted by Crippen LogP contribution is -2.31. The van der Waals surface area contributed by atoms with E-state index in [4.69, 9.17) is 9.84 Å². The molecule has 0 aliphatic carbocycles. The number of aliphatic carboxylic acids is 1. The van der Waals surface area contributed by atoms with E-state index in [0.717, 1.165) is 32.2 Å². The molecular formula is C13H17N3O3. The smallest absolute Gasteiger partial charge is 0.328 e. The lowest BCUT2D eigenvalue weighted by atomic mass is 10.3. The van der Waals surface area contributed by atoms with Crippen molar-refractivity contribution in [3.05, 3.63) is 24.0 Å². The molecular weight excluding hydrogens is 246 g/mol. The van der Waals surface area contributed by atoms with Crippen LogP contribution in [0, 0.1) is 0 Å². The maximum atomic E-state index is 10.4. The van der Waals surface area contributed by atoms with Crippen molar-refractivity contribution in [2.75, 3.05) is 24.6 Å². The average Bonchev–Trinajstić information content (AvgIpc) is 2.62. The molecule has 0 saturated carbocycles. The van der Waals surface area contributed by atoms with Crippen molar-refractivity contribution in [2.24, 2.45) is 0 Å². The van der Waals surface area contributed by atoms with Gasteiger partial charge < -0.3 is 14.7 Å². The summed E-state index contributed by atoms with van der Waals surface area (Å²) in [5, 5.41) is 8.54. The molecule has 1 fully saturated rings. The van der Waals surface area contributed by atoms with Crippen LogP contribution >= 0.6 is 0 Å². The first kappa shape index (κ1) is 13.5. The van der Waals surface area contributed by atoms with Gasteiger partial charge in [0.1, 0.15) is 0 Å². The van der Waals surface area contributed by atoms with Crippen molar-refractivity contribution in [2.45, 2.75) is 19.4 Å². The van der Waals surface area contributed by atoms with Gasteiger partial charge in [-0.1, -0.05) is 0 Å². The highest BCUT2D eigenvalue weighted by Gasteiger charge is 2.16. The summed E-state index contributed by atoms with van der Waals surface area (Å²) in [4.78, 5) is 21.0. The molecule has 1 N–H and O–H groups in total. The standard InChI is InChI=1S/C13H17N3O3/c1-10-9-16(5-2-6-19-10)13-14-7-11(8-15-13)3-4-12(17)18/h3-4,7-8,10H,2,5-6,9H2,1H3,(H,17,18)/b4-3+. The predicted octanol–water partition coefficient (Wildman–Crippen LogP) is 1.19. The SMILES string of the molecule is CC1CN(c2ncc(/C=C/C(=O)O)cn2)CCCO1. The van der Waals surface area contributed by atoms with Crippen LogP contribution in [0.5, 0.6) is 0 Å². The van der Waals surface area contributed by atoms with Crippen molar-refractivity contribution in [1.29, 1.82) is 0 Å². The monoisotopic (exact) mass is 263 g/mol. The number of hydrogen-bond acceptors (Lipinski definition) is 5. The summed E-state index contributed by atoms with van der Waals surface area (Å²) < 4.78 is 5.57. The molecule has 1 atom stereocenters. The van der Waals surface area contributed by atoms with Gasteiger partial charge in [0.05, 0.1) is 6.10 Å². The number of anilines is 1. The van der Waals surface area contributed by atoms with Gasteiger partial charge in [0.25, 0.3) is 0 Å². The molecule has 1 aliphatic heterocycles. The number of ether oxygens (including phenoxy) is 1. The number of rotatable bonds is 3. The zero-order valence-corrected chi connectivity index (χ0v) is 10.8. The molecule has 19 heavy (non-hydrogen) atoms. The summed E-state index contributed by atoms with van der Waals surface area (Å²) in [6.45, 7) is 4.43. The fourth-order valence-electron chi connectivity index (χ4n) is 1.92. The lowest BCUT2D eigenvalue weighted by molar-refractivity contribution is -0.131. The van der Waals surface area contributed by atoms with Gasteiger partial charge in [-0.15, -0.1) is 0 Å². The highest BCUT2D eigenvalue weighted by Crippen LogP contribution is 2.13. The second-order valence-corrected chi connectivity index (χ2v) is 4.47. The van der Waals surface area contributed by atoms with Crippen LogP contribution in [0.1, 0.15) is 18.9 Å². The van der Waals surface area contributed by atoms with Crippen LogP contribution < -0.4 is 4.90 Å². The Kier molecular flexibility index (Phi) is 4.46. The number of aromatic nitrogens is 2. The minimum atomic E-state index is -0.984. The Balaban J connectivity index is 2.06. The molecule has 2 heterocycles. The van der Waals surface area contributed by atoms with E-state index in [1.54, 1.807) is 12.4 Å². The van der Waals surface area contributed by atoms with E-state index in [1.165, 1.54) is 6.08 Å². The van der Waals surface area contributed by atoms with Crippen LogP contribution in [-0.4, -0.2) is 46.8 Å². The number of carbonyl (C=O) groups is 1. The quantitative estimate of drug-likeness (QED) is 0.826. The minimum absolute atomic E-state index is 0.165. The molecule has 1 saturated heterocycles. The third-order valence-electron chi connectivity index (χ3n) is 2.81. The van der Waals surface area contributed by atoms with E-state index >= 15 is 0 Å². The van der Waals surface area contributed by atoms with Crippen LogP contribution in [0.15, 0.2) is 18.5 Å². The van der Waals surface area contributed by atoms with E-state index in [9.17, 15) is 4.79 Å². The maximum Gasteiger partial charge on any atom is 0.328 e. The van der Waals surface area contributed by atoms with Gasteiger partial charge in [0, 0.05) is 43.7 Å². The number of nitrogens with zero attached hydrogens (tertiary/aromatic N) is 3. The van der Waals surface area contributed by atoms with Gasteiger partial charge >= 0.3 is 5.97 Å². The molecule has 2 rings (SSSR count). The Morgan fingerprint density at radius 3 is 2.95 bits per heavy atom. The minimum Gasteiger partial charge on any atom is -0.478 e. The normalized spacial score (nSPS) is 20.5. The molecule has 1 unspecified atom stereocenters. The van der Waals surface area contributed by atoms with Gasteiger partial charge in [-0.25, -0.2) is 14.8 Å². The maximum absolute atomic E-state index is 10.4. The second-order valence-electron chi connectivity index (χ2n) is 4.47. The number of carboxylic acids is 1. The Bertz CT molecular complexity index is 459. The van der Waals surface area contributed by atoms with Crippen molar-refractivity contribution in [3.63, 3.8) is 0 Å². The first-order valence-corrected chi connectivity index (χ1v) is 6.25. The Hall–Kier alpha value is -1.95. The molecule has 1 aromatic rings. The zero-order chi connectivity index (χ0) is 13.7. The molecule has 6 heteroatoms. The summed E-state index contributed by atoms with van der Waals surface area (Å²) >= 11 is 0. The van der Waals surface area contributed by atoms with Gasteiger partial charge in [-0.05, 0) is 19.4 Å². The second kappa shape index (κ2) is 6.29. The molecule has 1 aliphatic rings. The van der Waals surface area contributed by atoms with E-state index < -0.39 is 5.97 Å². The van der Waals surface area contributed by atoms with E-state index in [-0.39, 0.29) is 6.10 Å². The van der Waals surface area contributed by atoms with Gasteiger partial charge in [0.2, 0.25) is 5.95 Å². The summed E-state index contributed by atoms with van der Waals surface area (Å²) in [5.41, 5.74) is 0.672. The fourth-order valence-corrected chi connectivity index (χ4v) is 1.92. The third kappa shape index (κ3) is 4.03. The first-order chi connectivity index (χ1) is 9.15. The van der Waals surface area contributed by atoms with E-state index in [1.807, 2.05) is 6.92 Å². The first-order valence-electron chi connectivity index (χ1n) is 6.25. The topological polar surface area (TPSA) is 75.6 Å². The number of hydrogen-bond donors (Lipinski definition) is 1. The highest BCUT2D eigenvalue weighted by molar-refractivity contribution is 5.85. The van der Waals surface area contributed by atoms with Gasteiger partial charge in [-0.2, -0.15) is 0 Å². The van der Waals surface area contributed by atoms with E-state index in [0.29, 0.717) is 11.5 Å². The molecule has 0 radical (unpaired) electrons. The Morgan fingerprint density at radius 2 is 2.26 bits per heavy atom. The van der Waals surface area contributed by atoms with Crippen molar-refractivity contribution < 1.29 is 14.6 Å². The third-order valence-corrected chi connectivity index (χ3v) is 2.81. The number of carboxylic acid groups (broad SMARTS) is 1. The summed E-state index contributed by atoms with van der Waals surface area (Å²) in [7, 11) is 0. The predicted molar refractivity (Wildman–Crippen MR) is 70.9 cm³/mol. The summed E-state index contributed by atoms with van der Waals surface area (Å²) in [6, 6.07) is 0. The Labute approximate surface area is 111 Å².